The Morgan fingerprint density at radius 2 is 2.17 bits per heavy atom. The molecule has 0 aliphatic heterocycles. The molecule has 1 aromatic rings. The maximum atomic E-state index is 11.9. The highest BCUT2D eigenvalue weighted by molar-refractivity contribution is 7.18. The van der Waals surface area contributed by atoms with Gasteiger partial charge in [0.05, 0.1) is 6.10 Å². The quantitative estimate of drug-likeness (QED) is 0.726. The van der Waals surface area contributed by atoms with Crippen LogP contribution in [0.1, 0.15) is 30.4 Å². The molecule has 0 aliphatic carbocycles. The number of hydrogen-bond acceptors (Lipinski definition) is 6. The predicted molar refractivity (Wildman–Crippen MR) is 74.1 cm³/mol. The van der Waals surface area contributed by atoms with Crippen molar-refractivity contribution >= 4 is 28.2 Å². The van der Waals surface area contributed by atoms with Crippen LogP contribution in [0.3, 0.4) is 0 Å². The largest absolute Gasteiger partial charge is 0.382 e. The van der Waals surface area contributed by atoms with E-state index >= 15 is 0 Å². The highest BCUT2D eigenvalue weighted by Crippen LogP contribution is 2.25. The molecule has 0 saturated heterocycles. The minimum Gasteiger partial charge on any atom is -0.382 e. The molecule has 4 N–H and O–H groups in total. The molecular weight excluding hydrogens is 252 g/mol. The van der Waals surface area contributed by atoms with Gasteiger partial charge in [0.25, 0.3) is 5.91 Å². The van der Waals surface area contributed by atoms with E-state index in [9.17, 15) is 4.79 Å². The van der Waals surface area contributed by atoms with Gasteiger partial charge in [-0.15, -0.1) is 0 Å². The van der Waals surface area contributed by atoms with Crippen LogP contribution in [-0.2, 0) is 4.74 Å². The van der Waals surface area contributed by atoms with Crippen LogP contribution in [-0.4, -0.2) is 36.7 Å². The van der Waals surface area contributed by atoms with Crippen LogP contribution < -0.4 is 16.4 Å². The molecule has 1 aromatic heterocycles. The second-order valence-electron chi connectivity index (χ2n) is 4.29. The number of aromatic nitrogens is 1. The summed E-state index contributed by atoms with van der Waals surface area (Å²) in [5, 5.41) is 6.54. The number of carbonyl (C=O) groups excluding carboxylic acids is 1. The Kier molecular flexibility index (Phi) is 5.36. The molecule has 0 aliphatic rings. The van der Waals surface area contributed by atoms with Crippen molar-refractivity contribution in [3.8, 4) is 0 Å². The SMILES string of the molecule is COC(C)CNC(=O)c1sc(NC(C)C)nc1N. The van der Waals surface area contributed by atoms with Gasteiger partial charge in [0.15, 0.2) is 5.13 Å². The van der Waals surface area contributed by atoms with Crippen LogP contribution in [0.15, 0.2) is 0 Å². The monoisotopic (exact) mass is 272 g/mol. The summed E-state index contributed by atoms with van der Waals surface area (Å²) in [5.74, 6) is 0.0384. The summed E-state index contributed by atoms with van der Waals surface area (Å²) in [7, 11) is 1.60. The lowest BCUT2D eigenvalue weighted by atomic mass is 10.4. The number of rotatable bonds is 6. The molecule has 0 aromatic carbocycles. The van der Waals surface area contributed by atoms with Gasteiger partial charge in [-0.3, -0.25) is 4.79 Å². The summed E-state index contributed by atoms with van der Waals surface area (Å²) in [6.45, 7) is 6.32. The van der Waals surface area contributed by atoms with E-state index in [1.807, 2.05) is 20.8 Å². The maximum absolute atomic E-state index is 11.9. The fraction of sp³-hybridized carbons (Fsp3) is 0.636. The number of methoxy groups -OCH3 is 1. The highest BCUT2D eigenvalue weighted by atomic mass is 32.1. The summed E-state index contributed by atoms with van der Waals surface area (Å²) in [6, 6.07) is 0.250. The first kappa shape index (κ1) is 14.7. The van der Waals surface area contributed by atoms with Gasteiger partial charge in [0, 0.05) is 19.7 Å². The summed E-state index contributed by atoms with van der Waals surface area (Å²) >= 11 is 1.26. The molecule has 0 radical (unpaired) electrons. The van der Waals surface area contributed by atoms with Crippen molar-refractivity contribution < 1.29 is 9.53 Å². The first-order valence-electron chi connectivity index (χ1n) is 5.77. The third-order valence-electron chi connectivity index (χ3n) is 2.22. The number of ether oxygens (including phenoxy) is 1. The second kappa shape index (κ2) is 6.55. The highest BCUT2D eigenvalue weighted by Gasteiger charge is 2.16. The van der Waals surface area contributed by atoms with Gasteiger partial charge < -0.3 is 21.1 Å². The lowest BCUT2D eigenvalue weighted by molar-refractivity contribution is 0.0874. The number of carbonyl (C=O) groups is 1. The molecule has 0 fully saturated rings. The lowest BCUT2D eigenvalue weighted by Gasteiger charge is -2.09. The van der Waals surface area contributed by atoms with Crippen molar-refractivity contribution in [2.75, 3.05) is 24.7 Å². The summed E-state index contributed by atoms with van der Waals surface area (Å²) in [6.07, 6.45) is -0.0312. The van der Waals surface area contributed by atoms with E-state index in [0.717, 1.165) is 0 Å². The normalized spacial score (nSPS) is 12.5. The molecule has 0 spiro atoms. The number of nitrogens with two attached hydrogens (primary N) is 1. The number of nitrogens with zero attached hydrogens (tertiary/aromatic N) is 1. The summed E-state index contributed by atoms with van der Waals surface area (Å²) < 4.78 is 5.05. The van der Waals surface area contributed by atoms with Gasteiger partial charge in [-0.2, -0.15) is 0 Å². The van der Waals surface area contributed by atoms with Crippen molar-refractivity contribution in [1.82, 2.24) is 10.3 Å². The van der Waals surface area contributed by atoms with Crippen molar-refractivity contribution in [2.45, 2.75) is 32.9 Å². The Labute approximate surface area is 111 Å². The number of thiazole rings is 1. The molecule has 7 heteroatoms. The van der Waals surface area contributed by atoms with Crippen LogP contribution >= 0.6 is 11.3 Å². The zero-order valence-corrected chi connectivity index (χ0v) is 11.9. The summed E-state index contributed by atoms with van der Waals surface area (Å²) in [5.41, 5.74) is 5.72. The fourth-order valence-electron chi connectivity index (χ4n) is 1.20. The number of anilines is 2. The van der Waals surface area contributed by atoms with E-state index in [1.54, 1.807) is 7.11 Å². The number of nitrogen functional groups attached to an aromatic ring is 1. The van der Waals surface area contributed by atoms with Crippen molar-refractivity contribution in [1.29, 1.82) is 0 Å². The molecule has 1 amide bonds. The van der Waals surface area contributed by atoms with E-state index in [-0.39, 0.29) is 23.9 Å². The Morgan fingerprint density at radius 3 is 2.72 bits per heavy atom. The predicted octanol–water partition coefficient (Wildman–Crippen LogP) is 1.31. The second-order valence-corrected chi connectivity index (χ2v) is 5.29. The Bertz CT molecular complexity index is 406. The van der Waals surface area contributed by atoms with E-state index in [2.05, 4.69) is 15.6 Å². The zero-order chi connectivity index (χ0) is 13.7. The minimum atomic E-state index is -0.217. The molecule has 0 bridgehead atoms. The van der Waals surface area contributed by atoms with Crippen molar-refractivity contribution in [3.63, 3.8) is 0 Å². The minimum absolute atomic E-state index is 0.0312. The molecule has 1 rings (SSSR count). The molecular formula is C11H20N4O2S. The molecule has 102 valence electrons. The third kappa shape index (κ3) is 4.15. The van der Waals surface area contributed by atoms with Gasteiger partial charge in [-0.25, -0.2) is 4.98 Å². The maximum Gasteiger partial charge on any atom is 0.265 e. The fourth-order valence-corrected chi connectivity index (χ4v) is 2.15. The molecule has 18 heavy (non-hydrogen) atoms. The van der Waals surface area contributed by atoms with Gasteiger partial charge in [-0.05, 0) is 20.8 Å². The smallest absolute Gasteiger partial charge is 0.265 e. The van der Waals surface area contributed by atoms with Crippen LogP contribution in [0.25, 0.3) is 0 Å². The Balaban J connectivity index is 2.65. The third-order valence-corrected chi connectivity index (χ3v) is 3.23. The van der Waals surface area contributed by atoms with Crippen molar-refractivity contribution in [3.05, 3.63) is 4.88 Å². The van der Waals surface area contributed by atoms with Crippen molar-refractivity contribution in [2.24, 2.45) is 0 Å². The lowest BCUT2D eigenvalue weighted by Crippen LogP contribution is -2.31. The van der Waals surface area contributed by atoms with E-state index in [4.69, 9.17) is 10.5 Å². The molecule has 0 saturated carbocycles. The van der Waals surface area contributed by atoms with E-state index < -0.39 is 0 Å². The van der Waals surface area contributed by atoms with Gasteiger partial charge in [0.2, 0.25) is 0 Å². The van der Waals surface area contributed by atoms with Crippen LogP contribution in [0, 0.1) is 0 Å². The number of nitrogens with one attached hydrogen (secondary N) is 2. The Hall–Kier alpha value is -1.34. The molecule has 1 heterocycles. The summed E-state index contributed by atoms with van der Waals surface area (Å²) in [4.78, 5) is 16.4. The zero-order valence-electron chi connectivity index (χ0n) is 11.1. The topological polar surface area (TPSA) is 89.3 Å². The molecule has 6 nitrogen and oxygen atoms in total. The number of hydrogen-bond donors (Lipinski definition) is 3. The first-order valence-corrected chi connectivity index (χ1v) is 6.59. The molecule has 1 atom stereocenters. The van der Waals surface area contributed by atoms with E-state index in [1.165, 1.54) is 11.3 Å². The van der Waals surface area contributed by atoms with Crippen LogP contribution in [0.4, 0.5) is 10.9 Å². The Morgan fingerprint density at radius 1 is 1.50 bits per heavy atom. The van der Waals surface area contributed by atoms with Gasteiger partial charge in [-0.1, -0.05) is 11.3 Å². The average molecular weight is 272 g/mol. The van der Waals surface area contributed by atoms with Crippen LogP contribution in [0.5, 0.6) is 0 Å². The van der Waals surface area contributed by atoms with Crippen LogP contribution in [0.2, 0.25) is 0 Å². The standard InChI is InChI=1S/C11H20N4O2S/c1-6(2)14-11-15-9(12)8(18-11)10(16)13-5-7(3)17-4/h6-7H,5,12H2,1-4H3,(H,13,16)(H,14,15). The average Bonchev–Trinajstić information content (AvgIpc) is 2.65. The molecule has 1 unspecified atom stereocenters. The van der Waals surface area contributed by atoms with E-state index in [0.29, 0.717) is 16.6 Å². The first-order chi connectivity index (χ1) is 8.43. The van der Waals surface area contributed by atoms with Gasteiger partial charge >= 0.3 is 0 Å². The number of amides is 1. The van der Waals surface area contributed by atoms with Gasteiger partial charge in [0.1, 0.15) is 10.7 Å².